The van der Waals surface area contributed by atoms with Crippen LogP contribution in [0.4, 0.5) is 0 Å². The van der Waals surface area contributed by atoms with Crippen LogP contribution in [0.2, 0.25) is 0 Å². The Balaban J connectivity index is 1.90. The van der Waals surface area contributed by atoms with Gasteiger partial charge in [-0.3, -0.25) is 14.4 Å². The van der Waals surface area contributed by atoms with Gasteiger partial charge in [0.25, 0.3) is 5.91 Å². The molecule has 0 heterocycles. The summed E-state index contributed by atoms with van der Waals surface area (Å²) in [6.45, 7) is -0.200. The van der Waals surface area contributed by atoms with Crippen LogP contribution in [0.5, 0.6) is 5.75 Å². The summed E-state index contributed by atoms with van der Waals surface area (Å²) in [6.07, 6.45) is 0.775. The summed E-state index contributed by atoms with van der Waals surface area (Å²) < 4.78 is 5.08. The summed E-state index contributed by atoms with van der Waals surface area (Å²) in [5.41, 5.74) is 1.39. The number of carbonyl (C=O) groups is 3. The maximum Gasteiger partial charge on any atom is 0.303 e. The molecule has 0 saturated heterocycles. The van der Waals surface area contributed by atoms with Crippen molar-refractivity contribution in [1.82, 2.24) is 10.6 Å². The number of ether oxygens (including phenoxy) is 1. The fraction of sp³-hybridized carbons (Fsp3) is 0.286. The van der Waals surface area contributed by atoms with E-state index in [-0.39, 0.29) is 30.8 Å². The lowest BCUT2D eigenvalue weighted by Gasteiger charge is -2.18. The molecule has 0 aromatic heterocycles. The number of aliphatic carboxylic acids is 1. The molecule has 0 spiro atoms. The number of carbonyl (C=O) groups excluding carboxylic acids is 2. The molecule has 2 rings (SSSR count). The minimum Gasteiger partial charge on any atom is -0.497 e. The number of rotatable bonds is 10. The van der Waals surface area contributed by atoms with Gasteiger partial charge in [0.1, 0.15) is 5.75 Å². The number of hydrogen-bond donors (Lipinski definition) is 3. The Morgan fingerprint density at radius 2 is 1.82 bits per heavy atom. The zero-order valence-electron chi connectivity index (χ0n) is 15.7. The largest absolute Gasteiger partial charge is 0.497 e. The monoisotopic (exact) mass is 384 g/mol. The molecule has 0 aliphatic heterocycles. The SMILES string of the molecule is COc1cccc(C(=O)NCC(=O)NC(CCC(=O)O)Cc2ccccc2)c1. The molecule has 7 nitrogen and oxygen atoms in total. The smallest absolute Gasteiger partial charge is 0.303 e. The van der Waals surface area contributed by atoms with E-state index in [0.29, 0.717) is 24.2 Å². The third-order valence-corrected chi connectivity index (χ3v) is 4.14. The van der Waals surface area contributed by atoms with Crippen LogP contribution in [-0.4, -0.2) is 42.6 Å². The second-order valence-electron chi connectivity index (χ2n) is 6.30. The summed E-state index contributed by atoms with van der Waals surface area (Å²) in [5.74, 6) is -1.13. The van der Waals surface area contributed by atoms with Gasteiger partial charge in [-0.15, -0.1) is 0 Å². The van der Waals surface area contributed by atoms with Crippen LogP contribution in [0.1, 0.15) is 28.8 Å². The molecule has 0 aliphatic rings. The summed E-state index contributed by atoms with van der Waals surface area (Å²) >= 11 is 0. The van der Waals surface area contributed by atoms with Crippen molar-refractivity contribution in [2.24, 2.45) is 0 Å². The molecule has 3 N–H and O–H groups in total. The molecule has 0 saturated carbocycles. The highest BCUT2D eigenvalue weighted by atomic mass is 16.5. The average Bonchev–Trinajstić information content (AvgIpc) is 2.71. The highest BCUT2D eigenvalue weighted by Crippen LogP contribution is 2.12. The van der Waals surface area contributed by atoms with Crippen molar-refractivity contribution in [3.8, 4) is 5.75 Å². The Hall–Kier alpha value is -3.35. The standard InChI is InChI=1S/C21H24N2O5/c1-28-18-9-5-8-16(13-18)21(27)22-14-19(24)23-17(10-11-20(25)26)12-15-6-3-2-4-7-15/h2-9,13,17H,10-12,14H2,1H3,(H,22,27)(H,23,24)(H,25,26). The van der Waals surface area contributed by atoms with Crippen molar-refractivity contribution in [2.45, 2.75) is 25.3 Å². The van der Waals surface area contributed by atoms with Gasteiger partial charge in [0.2, 0.25) is 5.91 Å². The maximum absolute atomic E-state index is 12.2. The number of hydrogen-bond acceptors (Lipinski definition) is 4. The summed E-state index contributed by atoms with van der Waals surface area (Å²) in [7, 11) is 1.51. The number of nitrogens with one attached hydrogen (secondary N) is 2. The third-order valence-electron chi connectivity index (χ3n) is 4.14. The topological polar surface area (TPSA) is 105 Å². The van der Waals surface area contributed by atoms with Crippen LogP contribution in [0.15, 0.2) is 54.6 Å². The van der Waals surface area contributed by atoms with Gasteiger partial charge in [-0.1, -0.05) is 36.4 Å². The van der Waals surface area contributed by atoms with Crippen molar-refractivity contribution < 1.29 is 24.2 Å². The molecule has 0 radical (unpaired) electrons. The number of carboxylic acids is 1. The van der Waals surface area contributed by atoms with Gasteiger partial charge in [0.05, 0.1) is 13.7 Å². The van der Waals surface area contributed by atoms with Crippen LogP contribution in [0.3, 0.4) is 0 Å². The molecule has 148 valence electrons. The van der Waals surface area contributed by atoms with E-state index in [1.807, 2.05) is 30.3 Å². The zero-order valence-corrected chi connectivity index (χ0v) is 15.7. The van der Waals surface area contributed by atoms with E-state index in [1.54, 1.807) is 24.3 Å². The van der Waals surface area contributed by atoms with Gasteiger partial charge < -0.3 is 20.5 Å². The van der Waals surface area contributed by atoms with Gasteiger partial charge in [0, 0.05) is 18.0 Å². The molecule has 0 bridgehead atoms. The summed E-state index contributed by atoms with van der Waals surface area (Å²) in [6, 6.07) is 15.8. The van der Waals surface area contributed by atoms with Crippen molar-refractivity contribution in [3.63, 3.8) is 0 Å². The lowest BCUT2D eigenvalue weighted by Crippen LogP contribution is -2.43. The van der Waals surface area contributed by atoms with Gasteiger partial charge >= 0.3 is 5.97 Å². The highest BCUT2D eigenvalue weighted by Gasteiger charge is 2.16. The number of benzene rings is 2. The molecule has 2 aromatic rings. The molecule has 1 atom stereocenters. The molecular formula is C21H24N2O5. The first-order chi connectivity index (χ1) is 13.5. The van der Waals surface area contributed by atoms with E-state index in [1.165, 1.54) is 7.11 Å². The van der Waals surface area contributed by atoms with E-state index in [4.69, 9.17) is 9.84 Å². The summed E-state index contributed by atoms with van der Waals surface area (Å²) in [4.78, 5) is 35.3. The van der Waals surface area contributed by atoms with Gasteiger partial charge in [-0.25, -0.2) is 0 Å². The van der Waals surface area contributed by atoms with Crippen molar-refractivity contribution in [3.05, 3.63) is 65.7 Å². The maximum atomic E-state index is 12.2. The molecular weight excluding hydrogens is 360 g/mol. The predicted octanol–water partition coefficient (Wildman–Crippen LogP) is 2.02. The van der Waals surface area contributed by atoms with Crippen LogP contribution in [0, 0.1) is 0 Å². The fourth-order valence-corrected chi connectivity index (χ4v) is 2.73. The number of carboxylic acid groups (broad SMARTS) is 1. The second-order valence-corrected chi connectivity index (χ2v) is 6.30. The van der Waals surface area contributed by atoms with Gasteiger partial charge in [0.15, 0.2) is 0 Å². The van der Waals surface area contributed by atoms with Crippen LogP contribution >= 0.6 is 0 Å². The molecule has 28 heavy (non-hydrogen) atoms. The quantitative estimate of drug-likeness (QED) is 0.581. The molecule has 7 heteroatoms. The number of amides is 2. The number of methoxy groups -OCH3 is 1. The van der Waals surface area contributed by atoms with E-state index in [9.17, 15) is 14.4 Å². The second kappa shape index (κ2) is 10.7. The Morgan fingerprint density at radius 3 is 2.50 bits per heavy atom. The van der Waals surface area contributed by atoms with E-state index < -0.39 is 5.97 Å². The van der Waals surface area contributed by atoms with Crippen molar-refractivity contribution in [2.75, 3.05) is 13.7 Å². The Labute approximate surface area is 163 Å². The first-order valence-electron chi connectivity index (χ1n) is 8.95. The van der Waals surface area contributed by atoms with Gasteiger partial charge in [-0.2, -0.15) is 0 Å². The average molecular weight is 384 g/mol. The normalized spacial score (nSPS) is 11.3. The van der Waals surface area contributed by atoms with Crippen LogP contribution in [0.25, 0.3) is 0 Å². The van der Waals surface area contributed by atoms with Crippen LogP contribution in [-0.2, 0) is 16.0 Å². The van der Waals surface area contributed by atoms with Crippen molar-refractivity contribution in [1.29, 1.82) is 0 Å². The predicted molar refractivity (Wildman–Crippen MR) is 104 cm³/mol. The molecule has 0 aliphatic carbocycles. The molecule has 2 aromatic carbocycles. The summed E-state index contributed by atoms with van der Waals surface area (Å²) in [5, 5.41) is 14.3. The zero-order chi connectivity index (χ0) is 20.4. The van der Waals surface area contributed by atoms with Crippen LogP contribution < -0.4 is 15.4 Å². The van der Waals surface area contributed by atoms with E-state index in [2.05, 4.69) is 10.6 Å². The third kappa shape index (κ3) is 7.11. The van der Waals surface area contributed by atoms with E-state index >= 15 is 0 Å². The minimum absolute atomic E-state index is 0.0477. The minimum atomic E-state index is -0.918. The lowest BCUT2D eigenvalue weighted by molar-refractivity contribution is -0.137. The first kappa shape index (κ1) is 21.0. The molecule has 1 unspecified atom stereocenters. The Morgan fingerprint density at radius 1 is 1.07 bits per heavy atom. The molecule has 2 amide bonds. The first-order valence-corrected chi connectivity index (χ1v) is 8.95. The lowest BCUT2D eigenvalue weighted by atomic mass is 10.0. The Kier molecular flexibility index (Phi) is 8.02. The highest BCUT2D eigenvalue weighted by molar-refractivity contribution is 5.96. The van der Waals surface area contributed by atoms with Crippen molar-refractivity contribution >= 4 is 17.8 Å². The molecule has 0 fully saturated rings. The fourth-order valence-electron chi connectivity index (χ4n) is 2.73. The van der Waals surface area contributed by atoms with Gasteiger partial charge in [-0.05, 0) is 36.6 Å². The Bertz CT molecular complexity index is 807. The van der Waals surface area contributed by atoms with E-state index in [0.717, 1.165) is 5.56 Å².